The first-order chi connectivity index (χ1) is 13.5. The second-order valence-electron chi connectivity index (χ2n) is 7.16. The molecule has 0 bridgehead atoms. The molecule has 1 aromatic heterocycles. The molecule has 0 radical (unpaired) electrons. The number of carbonyl (C=O) groups is 1. The van der Waals surface area contributed by atoms with Gasteiger partial charge in [-0.15, -0.1) is 0 Å². The van der Waals surface area contributed by atoms with Crippen molar-refractivity contribution in [2.24, 2.45) is 0 Å². The molecule has 4 nitrogen and oxygen atoms in total. The molecule has 0 N–H and O–H groups in total. The molecule has 0 atom stereocenters. The minimum absolute atomic E-state index is 0.104. The average molecular weight is 396 g/mol. The van der Waals surface area contributed by atoms with Crippen LogP contribution in [0.1, 0.15) is 30.5 Å². The van der Waals surface area contributed by atoms with Crippen LogP contribution < -0.4 is 4.90 Å². The van der Waals surface area contributed by atoms with E-state index >= 15 is 0 Å². The molecule has 0 aliphatic carbocycles. The lowest BCUT2D eigenvalue weighted by atomic mass is 10.1. The van der Waals surface area contributed by atoms with Crippen LogP contribution in [0.2, 0.25) is 0 Å². The van der Waals surface area contributed by atoms with E-state index in [1.807, 2.05) is 35.2 Å². The predicted octanol–water partition coefficient (Wildman–Crippen LogP) is 4.83. The Labute approximate surface area is 171 Å². The summed E-state index contributed by atoms with van der Waals surface area (Å²) in [6, 6.07) is 14.3. The van der Waals surface area contributed by atoms with Crippen LogP contribution in [0.3, 0.4) is 0 Å². The number of thiazole rings is 1. The number of benzene rings is 2. The minimum Gasteiger partial charge on any atom is -0.302 e. The van der Waals surface area contributed by atoms with E-state index in [9.17, 15) is 4.79 Å². The summed E-state index contributed by atoms with van der Waals surface area (Å²) in [5, 5.41) is 0.803. The van der Waals surface area contributed by atoms with Crippen molar-refractivity contribution in [3.63, 3.8) is 0 Å². The van der Waals surface area contributed by atoms with E-state index in [1.54, 1.807) is 11.3 Å². The standard InChI is InChI=1S/C23H29N3OS/c1-5-25(6-2)12-13-26(21(27)16-19-10-8-7-9-11-19)23-24-22-18(4)14-17(3)15-20(22)28-23/h7-11,14-15H,5-6,12-13,16H2,1-4H3. The Morgan fingerprint density at radius 2 is 1.75 bits per heavy atom. The number of hydrogen-bond acceptors (Lipinski definition) is 4. The normalized spacial score (nSPS) is 11.3. The molecule has 148 valence electrons. The van der Waals surface area contributed by atoms with Crippen LogP contribution in [0.15, 0.2) is 42.5 Å². The van der Waals surface area contributed by atoms with Gasteiger partial charge >= 0.3 is 0 Å². The molecule has 28 heavy (non-hydrogen) atoms. The van der Waals surface area contributed by atoms with E-state index in [1.165, 1.54) is 5.56 Å². The van der Waals surface area contributed by atoms with Gasteiger partial charge in [-0.3, -0.25) is 9.69 Å². The molecule has 5 heteroatoms. The van der Waals surface area contributed by atoms with E-state index in [0.717, 1.165) is 46.1 Å². The van der Waals surface area contributed by atoms with Crippen LogP contribution in [-0.2, 0) is 11.2 Å². The number of rotatable bonds is 8. The smallest absolute Gasteiger partial charge is 0.233 e. The third kappa shape index (κ3) is 4.78. The topological polar surface area (TPSA) is 36.4 Å². The zero-order valence-corrected chi connectivity index (χ0v) is 18.1. The lowest BCUT2D eigenvalue weighted by Gasteiger charge is -2.24. The largest absolute Gasteiger partial charge is 0.302 e. The summed E-state index contributed by atoms with van der Waals surface area (Å²) in [4.78, 5) is 22.3. The molecular weight excluding hydrogens is 366 g/mol. The summed E-state index contributed by atoms with van der Waals surface area (Å²) in [6.07, 6.45) is 0.396. The van der Waals surface area contributed by atoms with Gasteiger partial charge in [0.15, 0.2) is 5.13 Å². The van der Waals surface area contributed by atoms with Gasteiger partial charge in [0.05, 0.1) is 16.6 Å². The number of hydrogen-bond donors (Lipinski definition) is 0. The molecular formula is C23H29N3OS. The van der Waals surface area contributed by atoms with Crippen molar-refractivity contribution in [1.82, 2.24) is 9.88 Å². The fourth-order valence-electron chi connectivity index (χ4n) is 3.45. The average Bonchev–Trinajstić information content (AvgIpc) is 3.10. The van der Waals surface area contributed by atoms with E-state index in [2.05, 4.69) is 44.7 Å². The Hall–Kier alpha value is -2.24. The zero-order valence-electron chi connectivity index (χ0n) is 17.2. The van der Waals surface area contributed by atoms with E-state index < -0.39 is 0 Å². The molecule has 0 unspecified atom stereocenters. The van der Waals surface area contributed by atoms with Crippen molar-refractivity contribution in [1.29, 1.82) is 0 Å². The van der Waals surface area contributed by atoms with Gasteiger partial charge in [-0.1, -0.05) is 61.6 Å². The van der Waals surface area contributed by atoms with E-state index in [-0.39, 0.29) is 5.91 Å². The molecule has 0 spiro atoms. The maximum absolute atomic E-state index is 13.2. The monoisotopic (exact) mass is 395 g/mol. The maximum Gasteiger partial charge on any atom is 0.233 e. The van der Waals surface area contributed by atoms with Crippen LogP contribution in [0, 0.1) is 13.8 Å². The highest BCUT2D eigenvalue weighted by molar-refractivity contribution is 7.22. The molecule has 0 saturated carbocycles. The van der Waals surface area contributed by atoms with Crippen molar-refractivity contribution in [3.05, 3.63) is 59.2 Å². The highest BCUT2D eigenvalue weighted by atomic mass is 32.1. The van der Waals surface area contributed by atoms with Gasteiger partial charge in [-0.05, 0) is 49.7 Å². The lowest BCUT2D eigenvalue weighted by Crippen LogP contribution is -2.39. The van der Waals surface area contributed by atoms with Gasteiger partial charge < -0.3 is 4.90 Å². The van der Waals surface area contributed by atoms with Crippen LogP contribution in [0.5, 0.6) is 0 Å². The Morgan fingerprint density at radius 3 is 2.43 bits per heavy atom. The van der Waals surface area contributed by atoms with Gasteiger partial charge in [0.25, 0.3) is 0 Å². The fraction of sp³-hybridized carbons (Fsp3) is 0.391. The summed E-state index contributed by atoms with van der Waals surface area (Å²) in [6.45, 7) is 12.0. The van der Waals surface area contributed by atoms with E-state index in [4.69, 9.17) is 4.98 Å². The maximum atomic E-state index is 13.2. The van der Waals surface area contributed by atoms with Crippen LogP contribution in [-0.4, -0.2) is 42.0 Å². The molecule has 1 amide bonds. The minimum atomic E-state index is 0.104. The number of likely N-dealkylation sites (N-methyl/N-ethyl adjacent to an activating group) is 1. The summed E-state index contributed by atoms with van der Waals surface area (Å²) < 4.78 is 1.15. The number of carbonyl (C=O) groups excluding carboxylic acids is 1. The van der Waals surface area contributed by atoms with Gasteiger partial charge in [0.1, 0.15) is 0 Å². The van der Waals surface area contributed by atoms with Crippen LogP contribution in [0.4, 0.5) is 5.13 Å². The zero-order chi connectivity index (χ0) is 20.1. The number of anilines is 1. The molecule has 1 heterocycles. The van der Waals surface area contributed by atoms with Gasteiger partial charge in [-0.2, -0.15) is 0 Å². The van der Waals surface area contributed by atoms with Gasteiger partial charge in [-0.25, -0.2) is 4.98 Å². The molecule has 3 rings (SSSR count). The second-order valence-corrected chi connectivity index (χ2v) is 8.17. The first-order valence-electron chi connectivity index (χ1n) is 9.96. The highest BCUT2D eigenvalue weighted by Crippen LogP contribution is 2.32. The second kappa shape index (κ2) is 9.30. The first-order valence-corrected chi connectivity index (χ1v) is 10.8. The Bertz CT molecular complexity index is 932. The molecule has 0 saturated heterocycles. The number of nitrogens with zero attached hydrogens (tertiary/aromatic N) is 3. The highest BCUT2D eigenvalue weighted by Gasteiger charge is 2.21. The van der Waals surface area contributed by atoms with Crippen LogP contribution >= 0.6 is 11.3 Å². The van der Waals surface area contributed by atoms with Crippen molar-refractivity contribution < 1.29 is 4.79 Å². The van der Waals surface area contributed by atoms with Crippen LogP contribution in [0.25, 0.3) is 10.2 Å². The fourth-order valence-corrected chi connectivity index (χ4v) is 4.63. The van der Waals surface area contributed by atoms with E-state index in [0.29, 0.717) is 13.0 Å². The van der Waals surface area contributed by atoms with Gasteiger partial charge in [0, 0.05) is 13.1 Å². The predicted molar refractivity (Wildman–Crippen MR) is 119 cm³/mol. The van der Waals surface area contributed by atoms with Crippen molar-refractivity contribution >= 4 is 32.6 Å². The summed E-state index contributed by atoms with van der Waals surface area (Å²) >= 11 is 1.61. The molecule has 0 aliphatic rings. The Balaban J connectivity index is 1.91. The summed E-state index contributed by atoms with van der Waals surface area (Å²) in [5.74, 6) is 0.104. The first kappa shape index (κ1) is 20.5. The van der Waals surface area contributed by atoms with Gasteiger partial charge in [0.2, 0.25) is 5.91 Å². The van der Waals surface area contributed by atoms with Crippen molar-refractivity contribution in [3.8, 4) is 0 Å². The summed E-state index contributed by atoms with van der Waals surface area (Å²) in [7, 11) is 0. The molecule has 3 aromatic rings. The number of amides is 1. The SMILES string of the molecule is CCN(CC)CCN(C(=O)Cc1ccccc1)c1nc2c(C)cc(C)cc2s1. The quantitative estimate of drug-likeness (QED) is 0.548. The number of aromatic nitrogens is 1. The number of aryl methyl sites for hydroxylation is 2. The Morgan fingerprint density at radius 1 is 1.04 bits per heavy atom. The number of fused-ring (bicyclic) bond motifs is 1. The third-order valence-electron chi connectivity index (χ3n) is 5.08. The molecule has 2 aromatic carbocycles. The lowest BCUT2D eigenvalue weighted by molar-refractivity contribution is -0.118. The Kier molecular flexibility index (Phi) is 6.81. The summed E-state index contributed by atoms with van der Waals surface area (Å²) in [5.41, 5.74) is 4.43. The van der Waals surface area contributed by atoms with Crippen molar-refractivity contribution in [2.75, 3.05) is 31.1 Å². The third-order valence-corrected chi connectivity index (χ3v) is 6.11. The van der Waals surface area contributed by atoms with Crippen molar-refractivity contribution in [2.45, 2.75) is 34.1 Å². The molecule has 0 aliphatic heterocycles. The molecule has 0 fully saturated rings.